The lowest BCUT2D eigenvalue weighted by molar-refractivity contribution is -0.123. The topological polar surface area (TPSA) is 51.0 Å². The van der Waals surface area contributed by atoms with Crippen molar-refractivity contribution in [3.8, 4) is 0 Å². The van der Waals surface area contributed by atoms with Crippen LogP contribution in [0.25, 0.3) is 0 Å². The Kier molecular flexibility index (Phi) is 3.08. The number of ether oxygens (including phenoxy) is 1. The lowest BCUT2D eigenvalue weighted by Crippen LogP contribution is -2.28. The van der Waals surface area contributed by atoms with Crippen LogP contribution in [-0.2, 0) is 9.53 Å². The molecule has 1 rings (SSSR count). The van der Waals surface area contributed by atoms with E-state index in [-0.39, 0.29) is 0 Å². The van der Waals surface area contributed by atoms with E-state index in [0.717, 1.165) is 5.57 Å². The van der Waals surface area contributed by atoms with Crippen LogP contribution < -0.4 is 0 Å². The van der Waals surface area contributed by atoms with Gasteiger partial charge in [-0.2, -0.15) is 0 Å². The Bertz CT molecular complexity index is 292. The number of methoxy groups -OCH3 is 1. The molecule has 0 spiro atoms. The molecule has 70 valence electrons. The van der Waals surface area contributed by atoms with E-state index in [1.54, 1.807) is 0 Å². The van der Waals surface area contributed by atoms with E-state index in [1.165, 1.54) is 7.11 Å². The van der Waals surface area contributed by atoms with Gasteiger partial charge in [-0.3, -0.25) is 9.79 Å². The van der Waals surface area contributed by atoms with Gasteiger partial charge in [-0.25, -0.2) is 4.99 Å². The van der Waals surface area contributed by atoms with Crippen LogP contribution in [0.1, 0.15) is 6.92 Å². The van der Waals surface area contributed by atoms with Crippen molar-refractivity contribution in [1.82, 2.24) is 0 Å². The van der Waals surface area contributed by atoms with Gasteiger partial charge < -0.3 is 4.74 Å². The molecule has 0 aromatic carbocycles. The van der Waals surface area contributed by atoms with Crippen molar-refractivity contribution >= 4 is 18.3 Å². The van der Waals surface area contributed by atoms with Gasteiger partial charge in [-0.15, -0.1) is 0 Å². The highest BCUT2D eigenvalue weighted by Gasteiger charge is 2.23. The van der Waals surface area contributed by atoms with Crippen molar-refractivity contribution in [3.05, 3.63) is 11.6 Å². The third-order valence-electron chi connectivity index (χ3n) is 1.79. The van der Waals surface area contributed by atoms with Crippen molar-refractivity contribution in [2.24, 2.45) is 9.98 Å². The Morgan fingerprint density at radius 2 is 2.54 bits per heavy atom. The van der Waals surface area contributed by atoms with Crippen molar-refractivity contribution in [2.75, 3.05) is 13.7 Å². The van der Waals surface area contributed by atoms with Crippen LogP contribution in [0.2, 0.25) is 0 Å². The molecule has 1 unspecified atom stereocenters. The molecule has 1 aliphatic rings. The maximum Gasteiger partial charge on any atom is 0.280 e. The fourth-order valence-electron chi connectivity index (χ4n) is 1.15. The largest absolute Gasteiger partial charge is 0.365 e. The lowest BCUT2D eigenvalue weighted by Gasteiger charge is -2.08. The van der Waals surface area contributed by atoms with Crippen molar-refractivity contribution in [1.29, 1.82) is 0 Å². The molecule has 13 heavy (non-hydrogen) atoms. The standard InChI is InChI=1S/C9H12N2O2/c1-6-4-7(11-5-6)8(13-3)9(12)10-2/h4,8H,2,5H2,1,3H3. The summed E-state index contributed by atoms with van der Waals surface area (Å²) in [6.07, 6.45) is 1.16. The molecular formula is C9H12N2O2. The van der Waals surface area contributed by atoms with Gasteiger partial charge in [-0.05, 0) is 19.7 Å². The summed E-state index contributed by atoms with van der Waals surface area (Å²) < 4.78 is 4.98. The summed E-state index contributed by atoms with van der Waals surface area (Å²) in [5.74, 6) is -0.396. The van der Waals surface area contributed by atoms with Gasteiger partial charge in [0, 0.05) is 7.11 Å². The average molecular weight is 180 g/mol. The smallest absolute Gasteiger partial charge is 0.280 e. The molecule has 0 N–H and O–H groups in total. The van der Waals surface area contributed by atoms with Gasteiger partial charge in [0.25, 0.3) is 5.91 Å². The van der Waals surface area contributed by atoms with E-state index >= 15 is 0 Å². The average Bonchev–Trinajstić information content (AvgIpc) is 2.53. The van der Waals surface area contributed by atoms with E-state index in [0.29, 0.717) is 12.3 Å². The van der Waals surface area contributed by atoms with Gasteiger partial charge >= 0.3 is 0 Å². The Balaban J connectivity index is 2.79. The Morgan fingerprint density at radius 3 is 2.92 bits per heavy atom. The van der Waals surface area contributed by atoms with E-state index in [9.17, 15) is 4.79 Å². The van der Waals surface area contributed by atoms with Crippen LogP contribution in [-0.4, -0.2) is 38.1 Å². The molecule has 1 amide bonds. The molecule has 1 aliphatic heterocycles. The highest BCUT2D eigenvalue weighted by atomic mass is 16.5. The fraction of sp³-hybridized carbons (Fsp3) is 0.444. The minimum atomic E-state index is -0.685. The minimum Gasteiger partial charge on any atom is -0.365 e. The van der Waals surface area contributed by atoms with Gasteiger partial charge in [-0.1, -0.05) is 5.57 Å². The molecule has 4 nitrogen and oxygen atoms in total. The molecule has 0 aliphatic carbocycles. The van der Waals surface area contributed by atoms with Gasteiger partial charge in [0.05, 0.1) is 12.3 Å². The zero-order chi connectivity index (χ0) is 9.84. The zero-order valence-electron chi connectivity index (χ0n) is 7.78. The summed E-state index contributed by atoms with van der Waals surface area (Å²) >= 11 is 0. The molecule has 0 saturated heterocycles. The second-order valence-electron chi connectivity index (χ2n) is 2.84. The molecule has 0 aromatic heterocycles. The van der Waals surface area contributed by atoms with Gasteiger partial charge in [0.1, 0.15) is 0 Å². The first kappa shape index (κ1) is 9.80. The van der Waals surface area contributed by atoms with Crippen molar-refractivity contribution in [3.63, 3.8) is 0 Å². The predicted octanol–water partition coefficient (Wildman–Crippen LogP) is 0.629. The normalized spacial score (nSPS) is 17.7. The third-order valence-corrected chi connectivity index (χ3v) is 1.79. The number of aliphatic imine (C=N–C) groups is 2. The quantitative estimate of drug-likeness (QED) is 0.598. The molecular weight excluding hydrogens is 168 g/mol. The summed E-state index contributed by atoms with van der Waals surface area (Å²) in [5, 5.41) is 0. The Morgan fingerprint density at radius 1 is 1.85 bits per heavy atom. The second-order valence-corrected chi connectivity index (χ2v) is 2.84. The maximum absolute atomic E-state index is 11.2. The number of hydrogen-bond acceptors (Lipinski definition) is 3. The van der Waals surface area contributed by atoms with Crippen LogP contribution in [0.3, 0.4) is 0 Å². The maximum atomic E-state index is 11.2. The minimum absolute atomic E-state index is 0.396. The molecule has 0 bridgehead atoms. The zero-order valence-corrected chi connectivity index (χ0v) is 7.78. The molecule has 0 fully saturated rings. The van der Waals surface area contributed by atoms with E-state index < -0.39 is 12.0 Å². The van der Waals surface area contributed by atoms with E-state index in [4.69, 9.17) is 4.74 Å². The van der Waals surface area contributed by atoms with Gasteiger partial charge in [0.2, 0.25) is 0 Å². The second kappa shape index (κ2) is 4.09. The van der Waals surface area contributed by atoms with Crippen LogP contribution >= 0.6 is 0 Å². The first-order valence-corrected chi connectivity index (χ1v) is 3.94. The van der Waals surface area contributed by atoms with Crippen LogP contribution in [0.5, 0.6) is 0 Å². The molecule has 0 saturated carbocycles. The first-order valence-electron chi connectivity index (χ1n) is 3.94. The van der Waals surface area contributed by atoms with E-state index in [1.807, 2.05) is 13.0 Å². The summed E-state index contributed by atoms with van der Waals surface area (Å²) in [5.41, 5.74) is 1.76. The Hall–Kier alpha value is -1.29. The Labute approximate surface area is 77.0 Å². The number of carbonyl (C=O) groups excluding carboxylic acids is 1. The summed E-state index contributed by atoms with van der Waals surface area (Å²) in [7, 11) is 1.46. The van der Waals surface area contributed by atoms with Crippen LogP contribution in [0.4, 0.5) is 0 Å². The number of carbonyl (C=O) groups is 1. The SMILES string of the molecule is C=NC(=O)C(OC)C1=NCC(C)=C1. The van der Waals surface area contributed by atoms with Crippen LogP contribution in [0, 0.1) is 0 Å². The highest BCUT2D eigenvalue weighted by Crippen LogP contribution is 2.09. The van der Waals surface area contributed by atoms with Gasteiger partial charge in [0.15, 0.2) is 6.10 Å². The fourth-order valence-corrected chi connectivity index (χ4v) is 1.15. The summed E-state index contributed by atoms with van der Waals surface area (Å²) in [6.45, 7) is 5.76. The number of rotatable bonds is 3. The number of hydrogen-bond donors (Lipinski definition) is 0. The molecule has 4 heteroatoms. The molecule has 1 heterocycles. The summed E-state index contributed by atoms with van der Waals surface area (Å²) in [6, 6.07) is 0. The molecule has 1 atom stereocenters. The van der Waals surface area contributed by atoms with E-state index in [2.05, 4.69) is 16.7 Å². The number of nitrogens with zero attached hydrogens (tertiary/aromatic N) is 2. The lowest BCUT2D eigenvalue weighted by atomic mass is 10.2. The predicted molar refractivity (Wildman–Crippen MR) is 51.4 cm³/mol. The van der Waals surface area contributed by atoms with Crippen molar-refractivity contribution < 1.29 is 9.53 Å². The number of amides is 1. The first-order chi connectivity index (χ1) is 6.19. The third kappa shape index (κ3) is 2.09. The monoisotopic (exact) mass is 180 g/mol. The summed E-state index contributed by atoms with van der Waals surface area (Å²) in [4.78, 5) is 18.6. The molecule has 0 aromatic rings. The van der Waals surface area contributed by atoms with Crippen molar-refractivity contribution in [2.45, 2.75) is 13.0 Å². The molecule has 0 radical (unpaired) electrons. The highest BCUT2D eigenvalue weighted by molar-refractivity contribution is 6.14. The van der Waals surface area contributed by atoms with Crippen LogP contribution in [0.15, 0.2) is 21.6 Å².